The summed E-state index contributed by atoms with van der Waals surface area (Å²) in [7, 11) is 2.09. The van der Waals surface area contributed by atoms with Gasteiger partial charge in [0, 0.05) is 17.6 Å². The average Bonchev–Trinajstić information content (AvgIpc) is 2.61. The molecule has 136 valence electrons. The molecule has 2 aliphatic rings. The highest BCUT2D eigenvalue weighted by atomic mass is 35.5. The highest BCUT2D eigenvalue weighted by Crippen LogP contribution is 2.37. The van der Waals surface area contributed by atoms with Crippen LogP contribution in [0.15, 0.2) is 24.3 Å². The van der Waals surface area contributed by atoms with Crippen LogP contribution in [0.5, 0.6) is 0 Å². The second-order valence-electron chi connectivity index (χ2n) is 7.42. The topological polar surface area (TPSA) is 15.3 Å². The van der Waals surface area contributed by atoms with Gasteiger partial charge in [-0.05, 0) is 75.4 Å². The largest absolute Gasteiger partial charge is 0.317 e. The lowest BCUT2D eigenvalue weighted by molar-refractivity contribution is 0.164. The fraction of sp³-hybridized carbons (Fsp3) is 0.700. The predicted octanol–water partition coefficient (Wildman–Crippen LogP) is 5.11. The minimum absolute atomic E-state index is 0. The number of hydrogen-bond donors (Lipinski definition) is 1. The van der Waals surface area contributed by atoms with Gasteiger partial charge in [-0.2, -0.15) is 0 Å². The molecule has 1 aromatic carbocycles. The Labute approximate surface area is 158 Å². The maximum Gasteiger partial charge on any atom is 0.0408 e. The number of halogens is 2. The molecule has 0 amide bonds. The third-order valence-corrected chi connectivity index (χ3v) is 6.18. The second-order valence-corrected chi connectivity index (χ2v) is 7.86. The van der Waals surface area contributed by atoms with E-state index in [9.17, 15) is 0 Å². The summed E-state index contributed by atoms with van der Waals surface area (Å²) < 4.78 is 0. The van der Waals surface area contributed by atoms with E-state index in [4.69, 9.17) is 11.6 Å². The standard InChI is InChI=1S/C20H31ClN2.ClH/c1-22-19-10-12-23(13-11-19)15-20(16-6-3-2-4-7-16)17-8-5-9-18(21)14-17;/h5,8-9,14,16,19-20,22H,2-4,6-7,10-13,15H2,1H3;1H/t20-;/m0./s1. The van der Waals surface area contributed by atoms with Gasteiger partial charge in [0.15, 0.2) is 0 Å². The zero-order valence-corrected chi connectivity index (χ0v) is 16.4. The minimum Gasteiger partial charge on any atom is -0.317 e. The highest BCUT2D eigenvalue weighted by molar-refractivity contribution is 6.30. The van der Waals surface area contributed by atoms with E-state index in [1.807, 2.05) is 6.07 Å². The first-order valence-corrected chi connectivity index (χ1v) is 9.79. The molecule has 0 aromatic heterocycles. The Bertz CT molecular complexity index is 480. The van der Waals surface area contributed by atoms with Crippen LogP contribution in [-0.4, -0.2) is 37.6 Å². The summed E-state index contributed by atoms with van der Waals surface area (Å²) in [4.78, 5) is 2.69. The van der Waals surface area contributed by atoms with Crippen molar-refractivity contribution in [2.75, 3.05) is 26.7 Å². The number of nitrogens with zero attached hydrogens (tertiary/aromatic N) is 1. The van der Waals surface area contributed by atoms with Crippen molar-refractivity contribution in [3.05, 3.63) is 34.9 Å². The zero-order chi connectivity index (χ0) is 16.1. The van der Waals surface area contributed by atoms with Crippen LogP contribution in [-0.2, 0) is 0 Å². The molecule has 1 aliphatic carbocycles. The molecule has 1 saturated heterocycles. The first-order valence-electron chi connectivity index (χ1n) is 9.41. The van der Waals surface area contributed by atoms with Gasteiger partial charge in [-0.3, -0.25) is 0 Å². The van der Waals surface area contributed by atoms with Gasteiger partial charge in [0.25, 0.3) is 0 Å². The van der Waals surface area contributed by atoms with Crippen molar-refractivity contribution in [2.45, 2.75) is 56.9 Å². The molecule has 0 spiro atoms. The third kappa shape index (κ3) is 5.36. The molecule has 4 heteroatoms. The first kappa shape index (κ1) is 20.0. The predicted molar refractivity (Wildman–Crippen MR) is 107 cm³/mol. The summed E-state index contributed by atoms with van der Waals surface area (Å²) in [6.45, 7) is 3.67. The summed E-state index contributed by atoms with van der Waals surface area (Å²) in [5.74, 6) is 1.49. The molecule has 1 atom stereocenters. The molecule has 24 heavy (non-hydrogen) atoms. The number of benzene rings is 1. The lowest BCUT2D eigenvalue weighted by Crippen LogP contribution is -2.43. The number of rotatable bonds is 5. The zero-order valence-electron chi connectivity index (χ0n) is 14.8. The Morgan fingerprint density at radius 3 is 2.46 bits per heavy atom. The van der Waals surface area contributed by atoms with E-state index in [0.717, 1.165) is 10.9 Å². The third-order valence-electron chi connectivity index (χ3n) is 5.95. The van der Waals surface area contributed by atoms with Gasteiger partial charge < -0.3 is 10.2 Å². The van der Waals surface area contributed by atoms with E-state index in [2.05, 4.69) is 35.5 Å². The molecule has 0 bridgehead atoms. The molecule has 2 fully saturated rings. The van der Waals surface area contributed by atoms with Gasteiger partial charge in [-0.15, -0.1) is 12.4 Å². The van der Waals surface area contributed by atoms with Crippen LogP contribution in [0.1, 0.15) is 56.4 Å². The molecule has 1 heterocycles. The highest BCUT2D eigenvalue weighted by Gasteiger charge is 2.28. The maximum absolute atomic E-state index is 6.29. The monoisotopic (exact) mass is 370 g/mol. The van der Waals surface area contributed by atoms with Crippen molar-refractivity contribution in [1.29, 1.82) is 0 Å². The van der Waals surface area contributed by atoms with Crippen LogP contribution in [0.4, 0.5) is 0 Å². The summed E-state index contributed by atoms with van der Waals surface area (Å²) >= 11 is 6.29. The Balaban J connectivity index is 0.00000208. The van der Waals surface area contributed by atoms with Crippen molar-refractivity contribution in [2.24, 2.45) is 5.92 Å². The van der Waals surface area contributed by atoms with E-state index < -0.39 is 0 Å². The van der Waals surface area contributed by atoms with Gasteiger partial charge in [-0.1, -0.05) is 43.0 Å². The fourth-order valence-electron chi connectivity index (χ4n) is 4.48. The lowest BCUT2D eigenvalue weighted by atomic mass is 9.76. The van der Waals surface area contributed by atoms with Crippen LogP contribution in [0.25, 0.3) is 0 Å². The van der Waals surface area contributed by atoms with Crippen LogP contribution < -0.4 is 5.32 Å². The second kappa shape index (κ2) is 10.0. The smallest absolute Gasteiger partial charge is 0.0408 e. The van der Waals surface area contributed by atoms with E-state index >= 15 is 0 Å². The molecule has 0 radical (unpaired) electrons. The molecule has 1 saturated carbocycles. The van der Waals surface area contributed by atoms with Crippen molar-refractivity contribution >= 4 is 24.0 Å². The molecule has 2 nitrogen and oxygen atoms in total. The molecule has 1 aromatic rings. The Morgan fingerprint density at radius 1 is 1.12 bits per heavy atom. The molecule has 1 aliphatic heterocycles. The van der Waals surface area contributed by atoms with Crippen LogP contribution in [0.3, 0.4) is 0 Å². The molecule has 1 N–H and O–H groups in total. The molecule has 3 rings (SSSR count). The van der Waals surface area contributed by atoms with Gasteiger partial charge in [0.1, 0.15) is 0 Å². The lowest BCUT2D eigenvalue weighted by Gasteiger charge is -2.38. The quantitative estimate of drug-likeness (QED) is 0.774. The SMILES string of the molecule is CNC1CCN(C[C@H](c2cccc(Cl)c2)C2CCCCC2)CC1.Cl. The Hall–Kier alpha value is -0.280. The van der Waals surface area contributed by atoms with Gasteiger partial charge in [0.2, 0.25) is 0 Å². The van der Waals surface area contributed by atoms with Crippen LogP contribution >= 0.6 is 24.0 Å². The van der Waals surface area contributed by atoms with Crippen molar-refractivity contribution in [3.8, 4) is 0 Å². The molecule has 0 unspecified atom stereocenters. The van der Waals surface area contributed by atoms with Crippen molar-refractivity contribution < 1.29 is 0 Å². The molecular formula is C20H32Cl2N2. The average molecular weight is 371 g/mol. The summed E-state index contributed by atoms with van der Waals surface area (Å²) in [5.41, 5.74) is 1.46. The summed E-state index contributed by atoms with van der Waals surface area (Å²) in [6.07, 6.45) is 9.58. The van der Waals surface area contributed by atoms with E-state index in [1.54, 1.807) is 0 Å². The minimum atomic E-state index is 0. The van der Waals surface area contributed by atoms with E-state index in [1.165, 1.54) is 70.1 Å². The number of likely N-dealkylation sites (tertiary alicyclic amines) is 1. The normalized spacial score (nSPS) is 22.1. The van der Waals surface area contributed by atoms with Crippen molar-refractivity contribution in [3.63, 3.8) is 0 Å². The van der Waals surface area contributed by atoms with E-state index in [0.29, 0.717) is 12.0 Å². The maximum atomic E-state index is 6.29. The van der Waals surface area contributed by atoms with Gasteiger partial charge >= 0.3 is 0 Å². The number of piperidine rings is 1. The van der Waals surface area contributed by atoms with Gasteiger partial charge in [-0.25, -0.2) is 0 Å². The number of hydrogen-bond acceptors (Lipinski definition) is 2. The van der Waals surface area contributed by atoms with Crippen molar-refractivity contribution in [1.82, 2.24) is 10.2 Å². The first-order chi connectivity index (χ1) is 11.3. The Morgan fingerprint density at radius 2 is 1.83 bits per heavy atom. The number of nitrogens with one attached hydrogen (secondary N) is 1. The Kier molecular flexibility index (Phi) is 8.36. The summed E-state index contributed by atoms with van der Waals surface area (Å²) in [6, 6.07) is 9.35. The summed E-state index contributed by atoms with van der Waals surface area (Å²) in [5, 5.41) is 4.32. The van der Waals surface area contributed by atoms with E-state index in [-0.39, 0.29) is 12.4 Å². The van der Waals surface area contributed by atoms with Crippen LogP contribution in [0, 0.1) is 5.92 Å². The molecular weight excluding hydrogens is 339 g/mol. The van der Waals surface area contributed by atoms with Gasteiger partial charge in [0.05, 0.1) is 0 Å². The van der Waals surface area contributed by atoms with Crippen LogP contribution in [0.2, 0.25) is 5.02 Å². The fourth-order valence-corrected chi connectivity index (χ4v) is 4.68.